The van der Waals surface area contributed by atoms with Crippen molar-refractivity contribution >= 4 is 56.9 Å². The topological polar surface area (TPSA) is 27.7 Å². The van der Waals surface area contributed by atoms with E-state index >= 15 is 0 Å². The predicted molar refractivity (Wildman–Crippen MR) is 82.4 cm³/mol. The third-order valence-electron chi connectivity index (χ3n) is 1.93. The van der Waals surface area contributed by atoms with E-state index in [2.05, 4.69) is 32.7 Å². The molecule has 0 rings (SSSR count). The van der Waals surface area contributed by atoms with E-state index in [0.717, 1.165) is 21.0 Å². The van der Waals surface area contributed by atoms with Crippen molar-refractivity contribution in [3.05, 3.63) is 0 Å². The highest BCUT2D eigenvalue weighted by molar-refractivity contribution is 7.17. The maximum Gasteiger partial charge on any atom is 0.174 e. The van der Waals surface area contributed by atoms with Crippen molar-refractivity contribution in [1.29, 1.82) is 0 Å². The molecule has 0 amide bonds. The molecular formula is C5H26O3Si6. The van der Waals surface area contributed by atoms with Gasteiger partial charge in [0.05, 0.1) is 0 Å². The zero-order chi connectivity index (χ0) is 11.6. The molecule has 0 N–H and O–H groups in total. The second-order valence-electron chi connectivity index (χ2n) is 3.39. The van der Waals surface area contributed by atoms with Gasteiger partial charge in [-0.15, -0.1) is 0 Å². The van der Waals surface area contributed by atoms with Crippen molar-refractivity contribution in [1.82, 2.24) is 0 Å². The lowest BCUT2D eigenvalue weighted by molar-refractivity contribution is 0.607. The molecule has 0 radical (unpaired) electrons. The Bertz CT molecular complexity index is 116. The van der Waals surface area contributed by atoms with Crippen molar-refractivity contribution in [2.75, 3.05) is 0 Å². The molecule has 0 heterocycles. The maximum absolute atomic E-state index is 5.63. The molecule has 0 bridgehead atoms. The predicted octanol–water partition coefficient (Wildman–Crippen LogP) is -2.52. The Morgan fingerprint density at radius 3 is 1.57 bits per heavy atom. The van der Waals surface area contributed by atoms with Crippen LogP contribution in [-0.2, 0) is 12.3 Å². The lowest BCUT2D eigenvalue weighted by atomic mass is 11.9. The van der Waals surface area contributed by atoms with Crippen LogP contribution < -0.4 is 0 Å². The minimum absolute atomic E-state index is 0.154. The van der Waals surface area contributed by atoms with E-state index in [9.17, 15) is 0 Å². The van der Waals surface area contributed by atoms with Crippen LogP contribution >= 0.6 is 0 Å². The first kappa shape index (κ1) is 17.6. The van der Waals surface area contributed by atoms with Crippen LogP contribution in [0.4, 0.5) is 0 Å². The molecule has 0 fully saturated rings. The van der Waals surface area contributed by atoms with Gasteiger partial charge in [-0.1, -0.05) is 6.55 Å². The summed E-state index contributed by atoms with van der Waals surface area (Å²) >= 11 is 0. The van der Waals surface area contributed by atoms with Gasteiger partial charge in [0.2, 0.25) is 0 Å². The molecule has 0 aliphatic carbocycles. The summed E-state index contributed by atoms with van der Waals surface area (Å²) in [4.78, 5) is 0. The molecule has 14 heavy (non-hydrogen) atoms. The van der Waals surface area contributed by atoms with Crippen LogP contribution in [-0.4, -0.2) is 56.9 Å². The van der Waals surface area contributed by atoms with Crippen molar-refractivity contribution in [3.8, 4) is 0 Å². The van der Waals surface area contributed by atoms with E-state index in [1.54, 1.807) is 0 Å². The lowest BCUT2D eigenvalue weighted by Crippen LogP contribution is -2.35. The minimum atomic E-state index is -0.783. The van der Waals surface area contributed by atoms with E-state index in [4.69, 9.17) is 12.3 Å². The first-order chi connectivity index (χ1) is 6.49. The van der Waals surface area contributed by atoms with Gasteiger partial charge in [0.1, 0.15) is 30.7 Å². The van der Waals surface area contributed by atoms with E-state index in [1.165, 1.54) is 0 Å². The molecular weight excluding hydrogens is 277 g/mol. The van der Waals surface area contributed by atoms with Gasteiger partial charge in [0.25, 0.3) is 0 Å². The molecule has 2 atom stereocenters. The zero-order valence-electron chi connectivity index (χ0n) is 10.7. The van der Waals surface area contributed by atoms with Gasteiger partial charge in [-0.25, -0.2) is 0 Å². The van der Waals surface area contributed by atoms with Crippen molar-refractivity contribution in [2.45, 2.75) is 32.7 Å². The van der Waals surface area contributed by atoms with Gasteiger partial charge < -0.3 is 12.3 Å². The van der Waals surface area contributed by atoms with Gasteiger partial charge in [-0.2, -0.15) is 0 Å². The zero-order valence-corrected chi connectivity index (χ0v) is 19.5. The Kier molecular flexibility index (Phi) is 15.4. The van der Waals surface area contributed by atoms with Crippen LogP contribution in [0, 0.1) is 0 Å². The molecule has 0 saturated carbocycles. The molecule has 0 saturated heterocycles. The molecule has 0 spiro atoms. The second-order valence-corrected chi connectivity index (χ2v) is 19.6. The van der Waals surface area contributed by atoms with E-state index in [0.29, 0.717) is 0 Å². The Morgan fingerprint density at radius 2 is 1.36 bits per heavy atom. The summed E-state index contributed by atoms with van der Waals surface area (Å²) < 4.78 is 16.1. The van der Waals surface area contributed by atoms with Gasteiger partial charge in [0.15, 0.2) is 26.2 Å². The summed E-state index contributed by atoms with van der Waals surface area (Å²) in [7, 11) is -0.460. The molecule has 0 aromatic heterocycles. The smallest absolute Gasteiger partial charge is 0.174 e. The largest absolute Gasteiger partial charge is 0.466 e. The highest BCUT2D eigenvalue weighted by atomic mass is 29.2. The molecule has 0 aromatic carbocycles. The van der Waals surface area contributed by atoms with Crippen molar-refractivity contribution in [3.63, 3.8) is 0 Å². The highest BCUT2D eigenvalue weighted by Gasteiger charge is 2.13. The molecule has 88 valence electrons. The SMILES string of the molecule is C[SiH2]O[SiH](C)[SiH](C)O[SiH3].C[SiH](C)O[SiH3]. The van der Waals surface area contributed by atoms with Crippen LogP contribution in [0.25, 0.3) is 0 Å². The van der Waals surface area contributed by atoms with E-state index < -0.39 is 26.2 Å². The average molecular weight is 303 g/mol. The summed E-state index contributed by atoms with van der Waals surface area (Å²) in [5.74, 6) is 0. The molecule has 9 heteroatoms. The standard InChI is InChI=1S/C3H16O2Si4.C2H10OSi2/c1-7-5-9(3)8(2)4-6;1-5(2)3-4/h8-9H,7H2,1-3,6H3;5H,1-2,4H3. The summed E-state index contributed by atoms with van der Waals surface area (Å²) in [6.07, 6.45) is 0. The summed E-state index contributed by atoms with van der Waals surface area (Å²) in [6, 6.07) is 0. The molecule has 0 aliphatic heterocycles. The monoisotopic (exact) mass is 302 g/mol. The van der Waals surface area contributed by atoms with Crippen molar-refractivity contribution in [2.24, 2.45) is 0 Å². The highest BCUT2D eigenvalue weighted by Crippen LogP contribution is 1.91. The number of hydrogen-bond acceptors (Lipinski definition) is 3. The Hall–Kier alpha value is 1.18. The van der Waals surface area contributed by atoms with E-state index in [-0.39, 0.29) is 9.76 Å². The van der Waals surface area contributed by atoms with Gasteiger partial charge in [0, 0.05) is 0 Å². The van der Waals surface area contributed by atoms with Crippen LogP contribution in [0.1, 0.15) is 0 Å². The van der Waals surface area contributed by atoms with Crippen molar-refractivity contribution < 1.29 is 12.3 Å². The minimum Gasteiger partial charge on any atom is -0.466 e. The summed E-state index contributed by atoms with van der Waals surface area (Å²) in [6.45, 7) is 11.1. The van der Waals surface area contributed by atoms with Gasteiger partial charge in [-0.3, -0.25) is 0 Å². The Balaban J connectivity index is 0. The molecule has 2 unspecified atom stereocenters. The Morgan fingerprint density at radius 1 is 0.929 bits per heavy atom. The first-order valence-electron chi connectivity index (χ1n) is 5.16. The first-order valence-corrected chi connectivity index (χ1v) is 17.5. The fourth-order valence-corrected chi connectivity index (χ4v) is 12.9. The Labute approximate surface area is 102 Å². The normalized spacial score (nSPS) is 15.9. The van der Waals surface area contributed by atoms with E-state index in [1.807, 2.05) is 0 Å². The summed E-state index contributed by atoms with van der Waals surface area (Å²) in [5.41, 5.74) is 0. The third kappa shape index (κ3) is 13.2. The number of rotatable bonds is 5. The average Bonchev–Trinajstić information content (AvgIpc) is 2.17. The maximum atomic E-state index is 5.63. The van der Waals surface area contributed by atoms with Gasteiger partial charge in [-0.05, 0) is 26.2 Å². The summed E-state index contributed by atoms with van der Waals surface area (Å²) in [5, 5.41) is 0. The van der Waals surface area contributed by atoms with Crippen LogP contribution in [0.3, 0.4) is 0 Å². The molecule has 3 nitrogen and oxygen atoms in total. The van der Waals surface area contributed by atoms with Crippen LogP contribution in [0.2, 0.25) is 32.7 Å². The van der Waals surface area contributed by atoms with Crippen LogP contribution in [0.15, 0.2) is 0 Å². The third-order valence-corrected chi connectivity index (χ3v) is 21.6. The fourth-order valence-electron chi connectivity index (χ4n) is 0.590. The van der Waals surface area contributed by atoms with Gasteiger partial charge >= 0.3 is 0 Å². The second kappa shape index (κ2) is 12.3. The molecule has 0 aromatic rings. The number of hydrogen-bond donors (Lipinski definition) is 0. The molecule has 0 aliphatic rings. The lowest BCUT2D eigenvalue weighted by Gasteiger charge is -2.15. The fraction of sp³-hybridized carbons (Fsp3) is 1.00. The quantitative estimate of drug-likeness (QED) is 0.525. The van der Waals surface area contributed by atoms with Crippen LogP contribution in [0.5, 0.6) is 0 Å².